The molecule has 1 aliphatic heterocycles. The minimum Gasteiger partial charge on any atom is -0.463 e. The van der Waals surface area contributed by atoms with Crippen molar-refractivity contribution in [3.05, 3.63) is 35.9 Å². The Labute approximate surface area is 102 Å². The van der Waals surface area contributed by atoms with Gasteiger partial charge in [0.2, 0.25) is 5.60 Å². The van der Waals surface area contributed by atoms with Crippen LogP contribution in [-0.4, -0.2) is 18.7 Å². The summed E-state index contributed by atoms with van der Waals surface area (Å²) >= 11 is 0. The largest absolute Gasteiger partial charge is 0.463 e. The van der Waals surface area contributed by atoms with E-state index in [0.717, 1.165) is 18.4 Å². The molecule has 17 heavy (non-hydrogen) atoms. The lowest BCUT2D eigenvalue weighted by molar-refractivity contribution is -0.150. The van der Waals surface area contributed by atoms with Crippen LogP contribution in [0.5, 0.6) is 0 Å². The van der Waals surface area contributed by atoms with Crippen molar-refractivity contribution in [2.45, 2.75) is 38.4 Å². The molecule has 1 saturated heterocycles. The Morgan fingerprint density at radius 3 is 2.59 bits per heavy atom. The van der Waals surface area contributed by atoms with Crippen molar-refractivity contribution in [3.8, 4) is 0 Å². The van der Waals surface area contributed by atoms with Crippen LogP contribution in [0.25, 0.3) is 0 Å². The first-order valence-electron chi connectivity index (χ1n) is 6.12. The fourth-order valence-electron chi connectivity index (χ4n) is 1.98. The molecule has 2 unspecified atom stereocenters. The first kappa shape index (κ1) is 12.1. The maximum absolute atomic E-state index is 12.1. The van der Waals surface area contributed by atoms with Gasteiger partial charge < -0.3 is 9.47 Å². The van der Waals surface area contributed by atoms with Crippen molar-refractivity contribution in [2.75, 3.05) is 6.61 Å². The van der Waals surface area contributed by atoms with E-state index in [2.05, 4.69) is 6.92 Å². The molecule has 0 aliphatic carbocycles. The number of carbonyl (C=O) groups excluding carboxylic acids is 1. The van der Waals surface area contributed by atoms with Gasteiger partial charge in [0.25, 0.3) is 0 Å². The van der Waals surface area contributed by atoms with Crippen molar-refractivity contribution >= 4 is 5.97 Å². The SMILES string of the molecule is CCCCOC(=O)C1(c2ccccc2)OC1C. The molecule has 1 heterocycles. The Morgan fingerprint density at radius 2 is 2.06 bits per heavy atom. The highest BCUT2D eigenvalue weighted by atomic mass is 16.7. The van der Waals surface area contributed by atoms with Gasteiger partial charge in [-0.15, -0.1) is 0 Å². The molecule has 2 atom stereocenters. The van der Waals surface area contributed by atoms with Gasteiger partial charge in [-0.2, -0.15) is 0 Å². The van der Waals surface area contributed by atoms with Crippen LogP contribution in [0.4, 0.5) is 0 Å². The standard InChI is InChI=1S/C14H18O3/c1-3-4-10-16-13(15)14(11(2)17-14)12-8-6-5-7-9-12/h5-9,11H,3-4,10H2,1-2H3. The molecule has 1 aliphatic rings. The van der Waals surface area contributed by atoms with Crippen LogP contribution in [0.2, 0.25) is 0 Å². The van der Waals surface area contributed by atoms with E-state index >= 15 is 0 Å². The fourth-order valence-corrected chi connectivity index (χ4v) is 1.98. The van der Waals surface area contributed by atoms with Crippen molar-refractivity contribution in [1.29, 1.82) is 0 Å². The van der Waals surface area contributed by atoms with E-state index < -0.39 is 5.60 Å². The molecule has 1 fully saturated rings. The van der Waals surface area contributed by atoms with Crippen molar-refractivity contribution < 1.29 is 14.3 Å². The molecule has 0 spiro atoms. The molecule has 0 amide bonds. The summed E-state index contributed by atoms with van der Waals surface area (Å²) in [5, 5.41) is 0. The Morgan fingerprint density at radius 1 is 1.41 bits per heavy atom. The predicted octanol–water partition coefficient (Wildman–Crippen LogP) is 2.64. The van der Waals surface area contributed by atoms with Crippen molar-refractivity contribution in [1.82, 2.24) is 0 Å². The van der Waals surface area contributed by atoms with Crippen LogP contribution >= 0.6 is 0 Å². The minimum atomic E-state index is -0.852. The highest BCUT2D eigenvalue weighted by Gasteiger charge is 2.62. The van der Waals surface area contributed by atoms with Gasteiger partial charge in [-0.1, -0.05) is 43.7 Å². The fraction of sp³-hybridized carbons (Fsp3) is 0.500. The van der Waals surface area contributed by atoms with Crippen LogP contribution in [0.1, 0.15) is 32.3 Å². The molecule has 1 aromatic rings. The molecule has 0 bridgehead atoms. The number of ether oxygens (including phenoxy) is 2. The summed E-state index contributed by atoms with van der Waals surface area (Å²) in [6.07, 6.45) is 1.81. The summed E-state index contributed by atoms with van der Waals surface area (Å²) in [6.45, 7) is 4.44. The zero-order chi connectivity index (χ0) is 12.3. The van der Waals surface area contributed by atoms with E-state index in [1.54, 1.807) is 0 Å². The third-order valence-corrected chi connectivity index (χ3v) is 3.11. The smallest absolute Gasteiger partial charge is 0.345 e. The molecule has 92 valence electrons. The number of carbonyl (C=O) groups is 1. The summed E-state index contributed by atoms with van der Waals surface area (Å²) < 4.78 is 10.8. The molecule has 0 N–H and O–H groups in total. The van der Waals surface area contributed by atoms with Crippen molar-refractivity contribution in [3.63, 3.8) is 0 Å². The molecule has 0 radical (unpaired) electrons. The van der Waals surface area contributed by atoms with Gasteiger partial charge >= 0.3 is 5.97 Å². The average Bonchev–Trinajstić information content (AvgIpc) is 3.04. The molecule has 3 heteroatoms. The molecule has 3 nitrogen and oxygen atoms in total. The van der Waals surface area contributed by atoms with Gasteiger partial charge in [-0.05, 0) is 18.9 Å². The second kappa shape index (κ2) is 4.88. The first-order valence-corrected chi connectivity index (χ1v) is 6.12. The van der Waals surface area contributed by atoms with Gasteiger partial charge in [-0.25, -0.2) is 4.79 Å². The van der Waals surface area contributed by atoms with E-state index in [1.807, 2.05) is 37.3 Å². The number of hydrogen-bond donors (Lipinski definition) is 0. The predicted molar refractivity (Wildman–Crippen MR) is 64.5 cm³/mol. The van der Waals surface area contributed by atoms with Crippen molar-refractivity contribution in [2.24, 2.45) is 0 Å². The lowest BCUT2D eigenvalue weighted by Crippen LogP contribution is -2.27. The number of epoxide rings is 1. The first-order chi connectivity index (χ1) is 8.21. The third-order valence-electron chi connectivity index (χ3n) is 3.11. The molecule has 1 aromatic carbocycles. The minimum absolute atomic E-state index is 0.0981. The third kappa shape index (κ3) is 2.20. The summed E-state index contributed by atoms with van der Waals surface area (Å²) in [4.78, 5) is 12.1. The Kier molecular flexibility index (Phi) is 3.48. The topological polar surface area (TPSA) is 38.8 Å². The highest BCUT2D eigenvalue weighted by Crippen LogP contribution is 2.47. The Balaban J connectivity index is 2.08. The van der Waals surface area contributed by atoms with Gasteiger partial charge in [0, 0.05) is 0 Å². The maximum atomic E-state index is 12.1. The van der Waals surface area contributed by atoms with Gasteiger partial charge in [0.05, 0.1) is 6.61 Å². The van der Waals surface area contributed by atoms with E-state index in [-0.39, 0.29) is 12.1 Å². The zero-order valence-corrected chi connectivity index (χ0v) is 10.3. The second-order valence-corrected chi connectivity index (χ2v) is 4.35. The lowest BCUT2D eigenvalue weighted by Gasteiger charge is -2.12. The molecule has 0 aromatic heterocycles. The van der Waals surface area contributed by atoms with E-state index in [1.165, 1.54) is 0 Å². The number of esters is 1. The van der Waals surface area contributed by atoms with Gasteiger partial charge in [-0.3, -0.25) is 0 Å². The van der Waals surface area contributed by atoms with E-state index in [0.29, 0.717) is 6.61 Å². The molecular weight excluding hydrogens is 216 g/mol. The quantitative estimate of drug-likeness (QED) is 0.446. The zero-order valence-electron chi connectivity index (χ0n) is 10.3. The summed E-state index contributed by atoms with van der Waals surface area (Å²) in [5.41, 5.74) is 0.0312. The monoisotopic (exact) mass is 234 g/mol. The van der Waals surface area contributed by atoms with Crippen LogP contribution in [0, 0.1) is 0 Å². The summed E-state index contributed by atoms with van der Waals surface area (Å²) in [7, 11) is 0. The normalized spacial score (nSPS) is 26.6. The molecular formula is C14H18O3. The van der Waals surface area contributed by atoms with Gasteiger partial charge in [0.15, 0.2) is 0 Å². The maximum Gasteiger partial charge on any atom is 0.345 e. The second-order valence-electron chi connectivity index (χ2n) is 4.35. The van der Waals surface area contributed by atoms with Crippen LogP contribution in [0.15, 0.2) is 30.3 Å². The summed E-state index contributed by atoms with van der Waals surface area (Å²) in [6, 6.07) is 9.55. The number of unbranched alkanes of at least 4 members (excludes halogenated alkanes) is 1. The Bertz CT molecular complexity index is 388. The van der Waals surface area contributed by atoms with E-state index in [4.69, 9.17) is 9.47 Å². The summed E-state index contributed by atoms with van der Waals surface area (Å²) in [5.74, 6) is -0.260. The lowest BCUT2D eigenvalue weighted by atomic mass is 9.96. The number of rotatable bonds is 5. The molecule has 2 rings (SSSR count). The number of hydrogen-bond acceptors (Lipinski definition) is 3. The average molecular weight is 234 g/mol. The van der Waals surface area contributed by atoms with Crippen LogP contribution in [0.3, 0.4) is 0 Å². The van der Waals surface area contributed by atoms with Gasteiger partial charge in [0.1, 0.15) is 6.10 Å². The Hall–Kier alpha value is -1.35. The number of benzene rings is 1. The van der Waals surface area contributed by atoms with Crippen LogP contribution < -0.4 is 0 Å². The highest BCUT2D eigenvalue weighted by molar-refractivity contribution is 5.85. The van der Waals surface area contributed by atoms with Crippen LogP contribution in [-0.2, 0) is 19.9 Å². The molecule has 0 saturated carbocycles. The van der Waals surface area contributed by atoms with E-state index in [9.17, 15) is 4.79 Å².